The van der Waals surface area contributed by atoms with Gasteiger partial charge in [0.2, 0.25) is 0 Å². The Balaban J connectivity index is 2.11. The van der Waals surface area contributed by atoms with E-state index in [1.807, 2.05) is 11.8 Å². The molecule has 0 spiro atoms. The van der Waals surface area contributed by atoms with Crippen LogP contribution in [0.4, 0.5) is 0 Å². The van der Waals surface area contributed by atoms with Gasteiger partial charge in [0, 0.05) is 5.25 Å². The Morgan fingerprint density at radius 2 is 2.08 bits per heavy atom. The van der Waals surface area contributed by atoms with Crippen molar-refractivity contribution in [2.75, 3.05) is 12.3 Å². The van der Waals surface area contributed by atoms with Crippen molar-refractivity contribution in [2.24, 2.45) is 5.73 Å². The maximum atomic E-state index is 9.62. The van der Waals surface area contributed by atoms with Crippen LogP contribution in [0.2, 0.25) is 0 Å². The fourth-order valence-electron chi connectivity index (χ4n) is 1.59. The third-order valence-electron chi connectivity index (χ3n) is 2.35. The van der Waals surface area contributed by atoms with E-state index in [2.05, 4.69) is 0 Å². The van der Waals surface area contributed by atoms with Crippen LogP contribution in [0.3, 0.4) is 0 Å². The van der Waals surface area contributed by atoms with Crippen LogP contribution in [0.1, 0.15) is 32.1 Å². The molecule has 0 bridgehead atoms. The SMILES string of the molecule is NCCCSC1CCCCC1O. The molecule has 1 fully saturated rings. The van der Waals surface area contributed by atoms with E-state index in [1.54, 1.807) is 0 Å². The maximum Gasteiger partial charge on any atom is 0.0658 e. The van der Waals surface area contributed by atoms with Gasteiger partial charge in [0.25, 0.3) is 0 Å². The van der Waals surface area contributed by atoms with Crippen molar-refractivity contribution in [1.29, 1.82) is 0 Å². The van der Waals surface area contributed by atoms with Crippen molar-refractivity contribution in [2.45, 2.75) is 43.5 Å². The minimum Gasteiger partial charge on any atom is -0.392 e. The van der Waals surface area contributed by atoms with E-state index in [4.69, 9.17) is 5.73 Å². The third-order valence-corrected chi connectivity index (χ3v) is 3.85. The largest absolute Gasteiger partial charge is 0.392 e. The summed E-state index contributed by atoms with van der Waals surface area (Å²) in [5, 5.41) is 10.1. The zero-order valence-electron chi connectivity index (χ0n) is 7.54. The van der Waals surface area contributed by atoms with E-state index in [1.165, 1.54) is 19.3 Å². The summed E-state index contributed by atoms with van der Waals surface area (Å²) >= 11 is 1.90. The summed E-state index contributed by atoms with van der Waals surface area (Å²) in [6, 6.07) is 0. The van der Waals surface area contributed by atoms with Gasteiger partial charge in [-0.3, -0.25) is 0 Å². The normalized spacial score (nSPS) is 30.5. The molecule has 0 amide bonds. The average molecular weight is 189 g/mol. The lowest BCUT2D eigenvalue weighted by Gasteiger charge is -2.26. The molecule has 3 N–H and O–H groups in total. The van der Waals surface area contributed by atoms with Gasteiger partial charge in [0.1, 0.15) is 0 Å². The van der Waals surface area contributed by atoms with Gasteiger partial charge in [-0.15, -0.1) is 0 Å². The first-order valence-corrected chi connectivity index (χ1v) is 5.89. The molecule has 0 heterocycles. The molecule has 0 radical (unpaired) electrons. The molecule has 1 aliphatic rings. The van der Waals surface area contributed by atoms with E-state index in [9.17, 15) is 5.11 Å². The van der Waals surface area contributed by atoms with Gasteiger partial charge in [-0.1, -0.05) is 12.8 Å². The second-order valence-electron chi connectivity index (χ2n) is 3.40. The first-order valence-electron chi connectivity index (χ1n) is 4.84. The van der Waals surface area contributed by atoms with Crippen LogP contribution in [-0.4, -0.2) is 28.8 Å². The van der Waals surface area contributed by atoms with Crippen LogP contribution in [0, 0.1) is 0 Å². The van der Waals surface area contributed by atoms with Gasteiger partial charge in [-0.05, 0) is 31.6 Å². The minimum atomic E-state index is -0.0541. The molecule has 0 aromatic heterocycles. The van der Waals surface area contributed by atoms with Crippen molar-refractivity contribution in [3.63, 3.8) is 0 Å². The van der Waals surface area contributed by atoms with Gasteiger partial charge in [-0.2, -0.15) is 11.8 Å². The molecular formula is C9H19NOS. The molecule has 2 atom stereocenters. The average Bonchev–Trinajstić information content (AvgIpc) is 2.09. The van der Waals surface area contributed by atoms with Crippen molar-refractivity contribution in [3.8, 4) is 0 Å². The van der Waals surface area contributed by atoms with Gasteiger partial charge >= 0.3 is 0 Å². The lowest BCUT2D eigenvalue weighted by Crippen LogP contribution is -2.27. The number of hydrogen-bond donors (Lipinski definition) is 2. The van der Waals surface area contributed by atoms with Crippen LogP contribution in [0.15, 0.2) is 0 Å². The summed E-state index contributed by atoms with van der Waals surface area (Å²) in [6.07, 6.45) is 5.71. The minimum absolute atomic E-state index is 0.0541. The standard InChI is InChI=1S/C9H19NOS/c10-6-3-7-12-9-5-2-1-4-8(9)11/h8-9,11H,1-7,10H2. The quantitative estimate of drug-likeness (QED) is 0.657. The number of rotatable bonds is 4. The van der Waals surface area contributed by atoms with Crippen molar-refractivity contribution in [3.05, 3.63) is 0 Å². The molecule has 2 unspecified atom stereocenters. The Morgan fingerprint density at radius 3 is 2.75 bits per heavy atom. The Bertz CT molecular complexity index is 121. The predicted molar refractivity (Wildman–Crippen MR) is 54.4 cm³/mol. The Hall–Kier alpha value is 0.270. The molecular weight excluding hydrogens is 170 g/mol. The van der Waals surface area contributed by atoms with Crippen LogP contribution < -0.4 is 5.73 Å². The lowest BCUT2D eigenvalue weighted by molar-refractivity contribution is 0.137. The number of thioether (sulfide) groups is 1. The predicted octanol–water partition coefficient (Wildman–Crippen LogP) is 1.37. The lowest BCUT2D eigenvalue weighted by atomic mass is 9.97. The van der Waals surface area contributed by atoms with E-state index >= 15 is 0 Å². The molecule has 1 saturated carbocycles. The fraction of sp³-hybridized carbons (Fsp3) is 1.00. The van der Waals surface area contributed by atoms with Crippen molar-refractivity contribution in [1.82, 2.24) is 0 Å². The van der Waals surface area contributed by atoms with Crippen LogP contribution in [0.5, 0.6) is 0 Å². The molecule has 0 aliphatic heterocycles. The highest BCUT2D eigenvalue weighted by molar-refractivity contribution is 7.99. The van der Waals surface area contributed by atoms with E-state index in [-0.39, 0.29) is 6.10 Å². The second-order valence-corrected chi connectivity index (χ2v) is 4.75. The van der Waals surface area contributed by atoms with E-state index in [0.29, 0.717) is 5.25 Å². The highest BCUT2D eigenvalue weighted by atomic mass is 32.2. The highest BCUT2D eigenvalue weighted by Crippen LogP contribution is 2.28. The maximum absolute atomic E-state index is 9.62. The van der Waals surface area contributed by atoms with Crippen LogP contribution >= 0.6 is 11.8 Å². The number of hydrogen-bond acceptors (Lipinski definition) is 3. The van der Waals surface area contributed by atoms with Crippen molar-refractivity contribution >= 4 is 11.8 Å². The van der Waals surface area contributed by atoms with E-state index in [0.717, 1.165) is 25.1 Å². The molecule has 1 rings (SSSR count). The van der Waals surface area contributed by atoms with Crippen LogP contribution in [-0.2, 0) is 0 Å². The summed E-state index contributed by atoms with van der Waals surface area (Å²) in [6.45, 7) is 0.774. The topological polar surface area (TPSA) is 46.2 Å². The Labute approximate surface area is 78.9 Å². The molecule has 0 aromatic carbocycles. The zero-order valence-corrected chi connectivity index (χ0v) is 8.35. The van der Waals surface area contributed by atoms with E-state index < -0.39 is 0 Å². The molecule has 1 aliphatic carbocycles. The molecule has 72 valence electrons. The Kier molecular flexibility index (Phi) is 5.04. The summed E-state index contributed by atoms with van der Waals surface area (Å²) in [5.41, 5.74) is 5.40. The molecule has 2 nitrogen and oxygen atoms in total. The summed E-state index contributed by atoms with van der Waals surface area (Å²) in [4.78, 5) is 0. The first-order chi connectivity index (χ1) is 5.84. The number of aliphatic hydroxyl groups excluding tert-OH is 1. The molecule has 0 saturated heterocycles. The molecule has 12 heavy (non-hydrogen) atoms. The van der Waals surface area contributed by atoms with Gasteiger partial charge in [0.15, 0.2) is 0 Å². The van der Waals surface area contributed by atoms with Gasteiger partial charge in [0.05, 0.1) is 6.10 Å². The molecule has 3 heteroatoms. The second kappa shape index (κ2) is 5.84. The van der Waals surface area contributed by atoms with Gasteiger partial charge in [-0.25, -0.2) is 0 Å². The summed E-state index contributed by atoms with van der Waals surface area (Å²) < 4.78 is 0. The van der Waals surface area contributed by atoms with Crippen molar-refractivity contribution < 1.29 is 5.11 Å². The zero-order chi connectivity index (χ0) is 8.81. The summed E-state index contributed by atoms with van der Waals surface area (Å²) in [5.74, 6) is 1.11. The highest BCUT2D eigenvalue weighted by Gasteiger charge is 2.22. The smallest absolute Gasteiger partial charge is 0.0658 e. The monoisotopic (exact) mass is 189 g/mol. The number of aliphatic hydroxyl groups is 1. The third kappa shape index (κ3) is 3.33. The molecule has 0 aromatic rings. The summed E-state index contributed by atoms with van der Waals surface area (Å²) in [7, 11) is 0. The van der Waals surface area contributed by atoms with Crippen LogP contribution in [0.25, 0.3) is 0 Å². The first kappa shape index (κ1) is 10.4. The van der Waals surface area contributed by atoms with Gasteiger partial charge < -0.3 is 10.8 Å². The Morgan fingerprint density at radius 1 is 1.33 bits per heavy atom. The fourth-order valence-corrected chi connectivity index (χ4v) is 2.92. The number of nitrogens with two attached hydrogens (primary N) is 1.